The molecule has 1 aliphatic rings. The minimum Gasteiger partial charge on any atom is -0.465 e. The van der Waals surface area contributed by atoms with E-state index in [0.717, 1.165) is 12.8 Å². The van der Waals surface area contributed by atoms with Gasteiger partial charge in [0.25, 0.3) is 0 Å². The Labute approximate surface area is 103 Å². The van der Waals surface area contributed by atoms with Gasteiger partial charge in [-0.1, -0.05) is 6.42 Å². The maximum absolute atomic E-state index is 11.6. The summed E-state index contributed by atoms with van der Waals surface area (Å²) < 4.78 is 7.17. The fourth-order valence-electron chi connectivity index (χ4n) is 2.65. The van der Waals surface area contributed by atoms with Crippen LogP contribution in [0.3, 0.4) is 0 Å². The molecule has 3 heteroatoms. The van der Waals surface area contributed by atoms with Crippen LogP contribution in [-0.2, 0) is 28.9 Å². The third-order valence-electron chi connectivity index (χ3n) is 3.46. The van der Waals surface area contributed by atoms with Crippen LogP contribution >= 0.6 is 0 Å². The van der Waals surface area contributed by atoms with Gasteiger partial charge in [0.05, 0.1) is 6.61 Å². The molecule has 94 valence electrons. The van der Waals surface area contributed by atoms with Gasteiger partial charge >= 0.3 is 5.97 Å². The van der Waals surface area contributed by atoms with Crippen molar-refractivity contribution in [2.45, 2.75) is 52.5 Å². The molecule has 0 unspecified atom stereocenters. The van der Waals surface area contributed by atoms with Gasteiger partial charge in [0.15, 0.2) is 0 Å². The average Bonchev–Trinajstić information content (AvgIpc) is 2.49. The van der Waals surface area contributed by atoms with Gasteiger partial charge in [0, 0.05) is 11.4 Å². The summed E-state index contributed by atoms with van der Waals surface area (Å²) in [5, 5.41) is 0. The molecule has 0 aliphatic heterocycles. The summed E-state index contributed by atoms with van der Waals surface area (Å²) >= 11 is 0. The van der Waals surface area contributed by atoms with Crippen LogP contribution in [-0.4, -0.2) is 17.1 Å². The van der Waals surface area contributed by atoms with E-state index in [1.807, 2.05) is 6.92 Å². The Morgan fingerprint density at radius 2 is 2.12 bits per heavy atom. The van der Waals surface area contributed by atoms with Crippen LogP contribution < -0.4 is 0 Å². The van der Waals surface area contributed by atoms with Crippen molar-refractivity contribution >= 4 is 5.97 Å². The molecule has 0 bridgehead atoms. The van der Waals surface area contributed by atoms with Crippen LogP contribution in [0, 0.1) is 6.92 Å². The molecule has 0 atom stereocenters. The summed E-state index contributed by atoms with van der Waals surface area (Å²) in [6.07, 6.45) is 6.07. The lowest BCUT2D eigenvalue weighted by Gasteiger charge is -2.11. The summed E-state index contributed by atoms with van der Waals surface area (Å²) in [7, 11) is 0. The zero-order chi connectivity index (χ0) is 12.3. The molecule has 1 aromatic rings. The van der Waals surface area contributed by atoms with Gasteiger partial charge in [-0.2, -0.15) is 0 Å². The molecule has 0 saturated heterocycles. The standard InChI is InChI=1S/C14H21NO2/c1-3-17-14(16)10-15-11(2)9-12-7-5-4-6-8-13(12)15/h9H,3-8,10H2,1-2H3. The maximum atomic E-state index is 11.6. The van der Waals surface area contributed by atoms with Gasteiger partial charge in [0.2, 0.25) is 0 Å². The van der Waals surface area contributed by atoms with Crippen LogP contribution in [0.2, 0.25) is 0 Å². The Morgan fingerprint density at radius 1 is 1.35 bits per heavy atom. The second-order valence-corrected chi connectivity index (χ2v) is 4.71. The Hall–Kier alpha value is -1.25. The van der Waals surface area contributed by atoms with Crippen molar-refractivity contribution < 1.29 is 9.53 Å². The molecular formula is C14H21NO2. The van der Waals surface area contributed by atoms with Crippen molar-refractivity contribution in [3.63, 3.8) is 0 Å². The number of rotatable bonds is 3. The third kappa shape index (κ3) is 2.71. The fraction of sp³-hybridized carbons (Fsp3) is 0.643. The van der Waals surface area contributed by atoms with Crippen molar-refractivity contribution in [1.29, 1.82) is 0 Å². The molecule has 0 spiro atoms. The number of hydrogen-bond donors (Lipinski definition) is 0. The highest BCUT2D eigenvalue weighted by molar-refractivity contribution is 5.69. The molecule has 0 amide bonds. The van der Waals surface area contributed by atoms with Crippen molar-refractivity contribution in [3.8, 4) is 0 Å². The molecule has 0 radical (unpaired) electrons. The quantitative estimate of drug-likeness (QED) is 0.595. The van der Waals surface area contributed by atoms with Gasteiger partial charge in [-0.3, -0.25) is 4.79 Å². The van der Waals surface area contributed by atoms with E-state index in [1.54, 1.807) is 0 Å². The number of ether oxygens (including phenoxy) is 1. The Balaban J connectivity index is 2.21. The van der Waals surface area contributed by atoms with Crippen molar-refractivity contribution in [1.82, 2.24) is 4.57 Å². The van der Waals surface area contributed by atoms with E-state index in [1.165, 1.54) is 36.2 Å². The first-order valence-corrected chi connectivity index (χ1v) is 6.56. The number of fused-ring (bicyclic) bond motifs is 1. The van der Waals surface area contributed by atoms with Crippen LogP contribution in [0.15, 0.2) is 6.07 Å². The Bertz CT molecular complexity index is 407. The summed E-state index contributed by atoms with van der Waals surface area (Å²) in [6.45, 7) is 4.76. The van der Waals surface area contributed by atoms with Crippen molar-refractivity contribution in [2.75, 3.05) is 6.61 Å². The van der Waals surface area contributed by atoms with Crippen LogP contribution in [0.5, 0.6) is 0 Å². The number of aromatic nitrogens is 1. The lowest BCUT2D eigenvalue weighted by atomic mass is 10.1. The number of carbonyl (C=O) groups excluding carboxylic acids is 1. The first kappa shape index (κ1) is 12.2. The van der Waals surface area contributed by atoms with Crippen LogP contribution in [0.4, 0.5) is 0 Å². The number of esters is 1. The second kappa shape index (κ2) is 5.39. The predicted octanol–water partition coefficient (Wildman–Crippen LogP) is 2.63. The van der Waals surface area contributed by atoms with E-state index < -0.39 is 0 Å². The van der Waals surface area contributed by atoms with Gasteiger partial charge in [-0.05, 0) is 51.2 Å². The van der Waals surface area contributed by atoms with E-state index in [4.69, 9.17) is 4.74 Å². The van der Waals surface area contributed by atoms with Gasteiger partial charge in [-0.25, -0.2) is 0 Å². The lowest BCUT2D eigenvalue weighted by molar-refractivity contribution is -0.143. The molecule has 0 fully saturated rings. The average molecular weight is 235 g/mol. The highest BCUT2D eigenvalue weighted by atomic mass is 16.5. The molecule has 0 aromatic carbocycles. The van der Waals surface area contributed by atoms with E-state index in [2.05, 4.69) is 17.6 Å². The molecule has 3 nitrogen and oxygen atoms in total. The second-order valence-electron chi connectivity index (χ2n) is 4.71. The molecule has 0 N–H and O–H groups in total. The SMILES string of the molecule is CCOC(=O)Cn1c(C)cc2c1CCCCC2. The highest BCUT2D eigenvalue weighted by Gasteiger charge is 2.17. The van der Waals surface area contributed by atoms with E-state index in [0.29, 0.717) is 13.2 Å². The molecular weight excluding hydrogens is 214 g/mol. The number of aryl methyl sites for hydroxylation is 2. The Kier molecular flexibility index (Phi) is 3.87. The zero-order valence-electron chi connectivity index (χ0n) is 10.8. The van der Waals surface area contributed by atoms with E-state index in [9.17, 15) is 4.79 Å². The maximum Gasteiger partial charge on any atom is 0.325 e. The minimum atomic E-state index is -0.127. The lowest BCUT2D eigenvalue weighted by Crippen LogP contribution is -2.16. The summed E-state index contributed by atoms with van der Waals surface area (Å²) in [5.41, 5.74) is 3.97. The van der Waals surface area contributed by atoms with Crippen molar-refractivity contribution in [2.24, 2.45) is 0 Å². The summed E-state index contributed by atoms with van der Waals surface area (Å²) in [4.78, 5) is 11.6. The minimum absolute atomic E-state index is 0.127. The molecule has 17 heavy (non-hydrogen) atoms. The van der Waals surface area contributed by atoms with Gasteiger partial charge in [-0.15, -0.1) is 0 Å². The molecule has 1 heterocycles. The van der Waals surface area contributed by atoms with Gasteiger partial charge in [0.1, 0.15) is 6.54 Å². The highest BCUT2D eigenvalue weighted by Crippen LogP contribution is 2.24. The molecule has 1 aliphatic carbocycles. The summed E-state index contributed by atoms with van der Waals surface area (Å²) in [5.74, 6) is -0.127. The topological polar surface area (TPSA) is 31.2 Å². The first-order chi connectivity index (χ1) is 8.22. The predicted molar refractivity (Wildman–Crippen MR) is 67.1 cm³/mol. The monoisotopic (exact) mass is 235 g/mol. The largest absolute Gasteiger partial charge is 0.465 e. The fourth-order valence-corrected chi connectivity index (χ4v) is 2.65. The number of hydrogen-bond acceptors (Lipinski definition) is 2. The molecule has 2 rings (SSSR count). The van der Waals surface area contributed by atoms with Crippen LogP contribution in [0.25, 0.3) is 0 Å². The van der Waals surface area contributed by atoms with Crippen molar-refractivity contribution in [3.05, 3.63) is 23.0 Å². The van der Waals surface area contributed by atoms with E-state index >= 15 is 0 Å². The van der Waals surface area contributed by atoms with Gasteiger partial charge < -0.3 is 9.30 Å². The van der Waals surface area contributed by atoms with Crippen LogP contribution in [0.1, 0.15) is 43.1 Å². The molecule has 0 saturated carbocycles. The zero-order valence-corrected chi connectivity index (χ0v) is 10.8. The van der Waals surface area contributed by atoms with E-state index in [-0.39, 0.29) is 5.97 Å². The smallest absolute Gasteiger partial charge is 0.325 e. The molecule has 1 aromatic heterocycles. The normalized spacial score (nSPS) is 15.2. The first-order valence-electron chi connectivity index (χ1n) is 6.56. The number of carbonyl (C=O) groups is 1. The Morgan fingerprint density at radius 3 is 2.88 bits per heavy atom. The number of nitrogens with zero attached hydrogens (tertiary/aromatic N) is 1. The summed E-state index contributed by atoms with van der Waals surface area (Å²) in [6, 6.07) is 2.24. The third-order valence-corrected chi connectivity index (χ3v) is 3.46.